The van der Waals surface area contributed by atoms with Gasteiger partial charge in [-0.1, -0.05) is 48.0 Å². The number of ether oxygens (including phenoxy) is 1. The van der Waals surface area contributed by atoms with Crippen molar-refractivity contribution < 1.29 is 26.7 Å². The first-order chi connectivity index (χ1) is 15.2. The van der Waals surface area contributed by atoms with Crippen molar-refractivity contribution in [2.75, 3.05) is 13.2 Å². The summed E-state index contributed by atoms with van der Waals surface area (Å²) in [5.41, 5.74) is 1.67. The third-order valence-electron chi connectivity index (χ3n) is 5.42. The third kappa shape index (κ3) is 7.09. The zero-order valence-electron chi connectivity index (χ0n) is 18.0. The number of hydrogen-bond acceptors (Lipinski definition) is 6. The highest BCUT2D eigenvalue weighted by atomic mass is 32.2. The molecule has 0 spiro atoms. The van der Waals surface area contributed by atoms with Crippen molar-refractivity contribution in [1.29, 1.82) is 0 Å². The van der Waals surface area contributed by atoms with Crippen LogP contribution in [0.1, 0.15) is 30.4 Å². The van der Waals surface area contributed by atoms with Gasteiger partial charge in [0.15, 0.2) is 0 Å². The first kappa shape index (κ1) is 24.8. The van der Waals surface area contributed by atoms with E-state index in [-0.39, 0.29) is 29.9 Å². The minimum atomic E-state index is -3.74. The topological polar surface area (TPSA) is 122 Å². The van der Waals surface area contributed by atoms with E-state index in [9.17, 15) is 21.9 Å². The van der Waals surface area contributed by atoms with E-state index in [0.717, 1.165) is 5.56 Å². The number of sulfonamides is 2. The van der Waals surface area contributed by atoms with E-state index in [2.05, 4.69) is 9.44 Å². The quantitative estimate of drug-likeness (QED) is 0.474. The van der Waals surface area contributed by atoms with Crippen molar-refractivity contribution in [3.63, 3.8) is 0 Å². The second-order valence-corrected chi connectivity index (χ2v) is 11.5. The van der Waals surface area contributed by atoms with E-state index in [0.29, 0.717) is 24.8 Å². The summed E-state index contributed by atoms with van der Waals surface area (Å²) in [6.45, 7) is 1.75. The van der Waals surface area contributed by atoms with Crippen molar-refractivity contribution in [2.24, 2.45) is 0 Å². The van der Waals surface area contributed by atoms with Gasteiger partial charge in [-0.05, 0) is 43.9 Å². The van der Waals surface area contributed by atoms with Gasteiger partial charge < -0.3 is 9.84 Å². The van der Waals surface area contributed by atoms with Crippen LogP contribution in [0.4, 0.5) is 0 Å². The number of hydrogen-bond donors (Lipinski definition) is 3. The Balaban J connectivity index is 1.50. The lowest BCUT2D eigenvalue weighted by Crippen LogP contribution is -2.51. The van der Waals surface area contributed by atoms with Crippen LogP contribution in [-0.4, -0.2) is 53.3 Å². The van der Waals surface area contributed by atoms with Crippen LogP contribution in [0, 0.1) is 6.92 Å². The predicted octanol–water partition coefficient (Wildman–Crippen LogP) is 1.69. The van der Waals surface area contributed by atoms with E-state index in [1.165, 1.54) is 0 Å². The molecule has 0 radical (unpaired) electrons. The van der Waals surface area contributed by atoms with Gasteiger partial charge in [-0.25, -0.2) is 26.3 Å². The Labute approximate surface area is 190 Å². The van der Waals surface area contributed by atoms with Crippen LogP contribution >= 0.6 is 0 Å². The summed E-state index contributed by atoms with van der Waals surface area (Å²) in [4.78, 5) is 0.162. The van der Waals surface area contributed by atoms with Crippen LogP contribution in [0.2, 0.25) is 0 Å². The standard InChI is InChI=1S/C22H30N2O6S2/c1-17-7-10-20(11-8-17)32(28,29)24-21-12-9-19(30-22(21)15-25)13-14-23-31(26,27)16-18-5-3-2-4-6-18/h2-8,10-11,19,21-25H,9,12-16H2,1H3/t19-,21+,22-/m1/s1. The molecule has 1 fully saturated rings. The van der Waals surface area contributed by atoms with Gasteiger partial charge in [0.05, 0.1) is 35.5 Å². The van der Waals surface area contributed by atoms with Crippen molar-refractivity contribution >= 4 is 20.0 Å². The second-order valence-electron chi connectivity index (χ2n) is 8.02. The average Bonchev–Trinajstić information content (AvgIpc) is 2.75. The first-order valence-electron chi connectivity index (χ1n) is 10.5. The molecule has 176 valence electrons. The molecule has 2 aromatic carbocycles. The van der Waals surface area contributed by atoms with Gasteiger partial charge in [-0.2, -0.15) is 0 Å². The van der Waals surface area contributed by atoms with Crippen LogP contribution in [0.15, 0.2) is 59.5 Å². The maximum atomic E-state index is 12.7. The monoisotopic (exact) mass is 482 g/mol. The molecule has 3 N–H and O–H groups in total. The first-order valence-corrected chi connectivity index (χ1v) is 13.7. The Morgan fingerprint density at radius 3 is 2.34 bits per heavy atom. The van der Waals surface area contributed by atoms with Gasteiger partial charge in [-0.15, -0.1) is 0 Å². The van der Waals surface area contributed by atoms with Crippen LogP contribution in [0.3, 0.4) is 0 Å². The lowest BCUT2D eigenvalue weighted by Gasteiger charge is -2.36. The van der Waals surface area contributed by atoms with Crippen molar-refractivity contribution in [1.82, 2.24) is 9.44 Å². The van der Waals surface area contributed by atoms with Gasteiger partial charge in [-0.3, -0.25) is 0 Å². The molecule has 1 aliphatic rings. The molecule has 8 nitrogen and oxygen atoms in total. The number of aryl methyl sites for hydroxylation is 1. The normalized spacial score (nSPS) is 22.0. The Bertz CT molecular complexity index is 1070. The molecule has 0 bridgehead atoms. The predicted molar refractivity (Wildman–Crippen MR) is 122 cm³/mol. The van der Waals surface area contributed by atoms with E-state index in [1.54, 1.807) is 48.5 Å². The van der Waals surface area contributed by atoms with Gasteiger partial charge in [0.2, 0.25) is 20.0 Å². The molecule has 1 heterocycles. The van der Waals surface area contributed by atoms with Crippen molar-refractivity contribution in [3.05, 3.63) is 65.7 Å². The number of aliphatic hydroxyl groups is 1. The highest BCUT2D eigenvalue weighted by Crippen LogP contribution is 2.23. The van der Waals surface area contributed by atoms with Crippen LogP contribution in [0.25, 0.3) is 0 Å². The molecular formula is C22H30N2O6S2. The Kier molecular flexibility index (Phi) is 8.43. The molecule has 10 heteroatoms. The van der Waals surface area contributed by atoms with Crippen molar-refractivity contribution in [3.8, 4) is 0 Å². The molecule has 3 atom stereocenters. The van der Waals surface area contributed by atoms with Gasteiger partial charge in [0.25, 0.3) is 0 Å². The molecular weight excluding hydrogens is 452 g/mol. The SMILES string of the molecule is Cc1ccc(S(=O)(=O)N[C@H]2CC[C@H](CCNS(=O)(=O)Cc3ccccc3)O[C@@H]2CO)cc1. The van der Waals surface area contributed by atoms with Crippen LogP contribution < -0.4 is 9.44 Å². The molecule has 0 aromatic heterocycles. The summed E-state index contributed by atoms with van der Waals surface area (Å²) in [5.74, 6) is -0.0957. The van der Waals surface area contributed by atoms with E-state index in [1.807, 2.05) is 13.0 Å². The maximum absolute atomic E-state index is 12.7. The number of benzene rings is 2. The van der Waals surface area contributed by atoms with Gasteiger partial charge in [0.1, 0.15) is 0 Å². The molecule has 1 saturated heterocycles. The van der Waals surface area contributed by atoms with Crippen LogP contribution in [0.5, 0.6) is 0 Å². The minimum Gasteiger partial charge on any atom is -0.394 e. The zero-order chi connectivity index (χ0) is 23.2. The molecule has 0 amide bonds. The minimum absolute atomic E-state index is 0.0957. The number of nitrogens with one attached hydrogen (secondary N) is 2. The zero-order valence-corrected chi connectivity index (χ0v) is 19.6. The Morgan fingerprint density at radius 2 is 1.69 bits per heavy atom. The molecule has 32 heavy (non-hydrogen) atoms. The number of rotatable bonds is 10. The molecule has 0 aliphatic carbocycles. The molecule has 1 aliphatic heterocycles. The summed E-state index contributed by atoms with van der Waals surface area (Å²) in [6, 6.07) is 14.9. The molecule has 0 unspecified atom stereocenters. The lowest BCUT2D eigenvalue weighted by molar-refractivity contribution is -0.0869. The third-order valence-corrected chi connectivity index (χ3v) is 8.28. The number of aliphatic hydroxyl groups excluding tert-OH is 1. The van der Waals surface area contributed by atoms with Gasteiger partial charge >= 0.3 is 0 Å². The lowest BCUT2D eigenvalue weighted by atomic mass is 9.98. The van der Waals surface area contributed by atoms with E-state index >= 15 is 0 Å². The fourth-order valence-electron chi connectivity index (χ4n) is 3.68. The maximum Gasteiger partial charge on any atom is 0.240 e. The Hall–Kier alpha value is -1.82. The highest BCUT2D eigenvalue weighted by molar-refractivity contribution is 7.89. The largest absolute Gasteiger partial charge is 0.394 e. The van der Waals surface area contributed by atoms with E-state index < -0.39 is 32.2 Å². The molecule has 2 aromatic rings. The Morgan fingerprint density at radius 1 is 1.00 bits per heavy atom. The summed E-state index contributed by atoms with van der Waals surface area (Å²) < 4.78 is 60.9. The molecule has 0 saturated carbocycles. The fourth-order valence-corrected chi connectivity index (χ4v) is 6.14. The summed E-state index contributed by atoms with van der Waals surface area (Å²) in [6.07, 6.45) is 0.499. The molecule has 3 rings (SSSR count). The van der Waals surface area contributed by atoms with Gasteiger partial charge in [0, 0.05) is 6.54 Å². The van der Waals surface area contributed by atoms with E-state index in [4.69, 9.17) is 4.74 Å². The van der Waals surface area contributed by atoms with Crippen molar-refractivity contribution in [2.45, 2.75) is 55.1 Å². The smallest absolute Gasteiger partial charge is 0.240 e. The highest BCUT2D eigenvalue weighted by Gasteiger charge is 2.34. The average molecular weight is 483 g/mol. The summed E-state index contributed by atoms with van der Waals surface area (Å²) in [5, 5.41) is 9.73. The van der Waals surface area contributed by atoms with Crippen LogP contribution in [-0.2, 0) is 30.5 Å². The summed E-state index contributed by atoms with van der Waals surface area (Å²) in [7, 11) is -7.21. The second kappa shape index (κ2) is 10.9. The summed E-state index contributed by atoms with van der Waals surface area (Å²) >= 11 is 0. The fraction of sp³-hybridized carbons (Fsp3) is 0.455.